The lowest BCUT2D eigenvalue weighted by Gasteiger charge is -2.28. The SMILES string of the molecule is Cc1ccc(S(=O)(=O)Nc2cccc3c2OC(C(=O)NOC2CCCCO2)CC3)cc1. The second-order valence-corrected chi connectivity index (χ2v) is 9.42. The maximum absolute atomic E-state index is 12.8. The lowest BCUT2D eigenvalue weighted by Crippen LogP contribution is -2.43. The maximum atomic E-state index is 12.8. The highest BCUT2D eigenvalue weighted by Gasteiger charge is 2.30. The molecular weight excluding hydrogens is 420 g/mol. The zero-order valence-corrected chi connectivity index (χ0v) is 18.1. The minimum atomic E-state index is -3.80. The van der Waals surface area contributed by atoms with Crippen LogP contribution >= 0.6 is 0 Å². The molecule has 166 valence electrons. The summed E-state index contributed by atoms with van der Waals surface area (Å²) in [6, 6.07) is 11.8. The minimum absolute atomic E-state index is 0.154. The molecule has 2 unspecified atom stereocenters. The molecule has 0 bridgehead atoms. The first-order valence-corrected chi connectivity index (χ1v) is 11.9. The highest BCUT2D eigenvalue weighted by atomic mass is 32.2. The molecule has 0 aliphatic carbocycles. The number of hydrogen-bond acceptors (Lipinski definition) is 6. The van der Waals surface area contributed by atoms with Gasteiger partial charge in [-0.3, -0.25) is 9.52 Å². The normalized spacial score (nSPS) is 20.9. The number of ether oxygens (including phenoxy) is 2. The number of fused-ring (bicyclic) bond motifs is 1. The topological polar surface area (TPSA) is 103 Å². The van der Waals surface area contributed by atoms with Gasteiger partial charge >= 0.3 is 0 Å². The summed E-state index contributed by atoms with van der Waals surface area (Å²) in [5.41, 5.74) is 4.53. The predicted molar refractivity (Wildman–Crippen MR) is 114 cm³/mol. The van der Waals surface area contributed by atoms with Crippen molar-refractivity contribution in [2.75, 3.05) is 11.3 Å². The van der Waals surface area contributed by atoms with Crippen molar-refractivity contribution in [3.05, 3.63) is 53.6 Å². The van der Waals surface area contributed by atoms with E-state index >= 15 is 0 Å². The van der Waals surface area contributed by atoms with Crippen LogP contribution in [0.25, 0.3) is 0 Å². The molecule has 2 aliphatic rings. The number of nitrogens with one attached hydrogen (secondary N) is 2. The van der Waals surface area contributed by atoms with Crippen molar-refractivity contribution in [1.29, 1.82) is 0 Å². The molecule has 4 rings (SSSR count). The zero-order chi connectivity index (χ0) is 21.8. The Bertz CT molecular complexity index is 1030. The quantitative estimate of drug-likeness (QED) is 0.661. The largest absolute Gasteiger partial charge is 0.478 e. The van der Waals surface area contributed by atoms with Crippen LogP contribution in [0.1, 0.15) is 36.8 Å². The maximum Gasteiger partial charge on any atom is 0.284 e. The van der Waals surface area contributed by atoms with E-state index in [1.54, 1.807) is 36.4 Å². The van der Waals surface area contributed by atoms with E-state index in [4.69, 9.17) is 14.3 Å². The van der Waals surface area contributed by atoms with E-state index < -0.39 is 28.3 Å². The molecule has 0 aromatic heterocycles. The van der Waals surface area contributed by atoms with Gasteiger partial charge in [-0.15, -0.1) is 0 Å². The summed E-state index contributed by atoms with van der Waals surface area (Å²) in [5, 5.41) is 0. The van der Waals surface area contributed by atoms with Crippen LogP contribution in [-0.2, 0) is 30.8 Å². The first-order valence-electron chi connectivity index (χ1n) is 10.4. The fraction of sp³-hybridized carbons (Fsp3) is 0.409. The molecule has 2 aliphatic heterocycles. The van der Waals surface area contributed by atoms with E-state index in [1.165, 1.54) is 0 Å². The second kappa shape index (κ2) is 9.25. The summed E-state index contributed by atoms with van der Waals surface area (Å²) in [5.74, 6) is -0.0606. The summed E-state index contributed by atoms with van der Waals surface area (Å²) in [4.78, 5) is 18.1. The van der Waals surface area contributed by atoms with Crippen LogP contribution in [0.2, 0.25) is 0 Å². The zero-order valence-electron chi connectivity index (χ0n) is 17.3. The van der Waals surface area contributed by atoms with Crippen molar-refractivity contribution >= 4 is 21.6 Å². The number of aryl methyl sites for hydroxylation is 2. The molecule has 1 fully saturated rings. The van der Waals surface area contributed by atoms with Crippen LogP contribution in [0.5, 0.6) is 5.75 Å². The van der Waals surface area contributed by atoms with Gasteiger partial charge in [-0.2, -0.15) is 0 Å². The van der Waals surface area contributed by atoms with E-state index in [0.717, 1.165) is 30.4 Å². The van der Waals surface area contributed by atoms with Crippen molar-refractivity contribution in [3.63, 3.8) is 0 Å². The van der Waals surface area contributed by atoms with Crippen molar-refractivity contribution in [3.8, 4) is 5.75 Å². The van der Waals surface area contributed by atoms with Gasteiger partial charge in [0.15, 0.2) is 12.4 Å². The molecule has 0 spiro atoms. The molecule has 2 aromatic carbocycles. The summed E-state index contributed by atoms with van der Waals surface area (Å²) >= 11 is 0. The Morgan fingerprint density at radius 1 is 1.10 bits per heavy atom. The van der Waals surface area contributed by atoms with Crippen molar-refractivity contribution < 1.29 is 27.5 Å². The molecule has 0 radical (unpaired) electrons. The van der Waals surface area contributed by atoms with Gasteiger partial charge < -0.3 is 9.47 Å². The number of hydrogen-bond donors (Lipinski definition) is 2. The summed E-state index contributed by atoms with van der Waals surface area (Å²) in [6.07, 6.45) is 2.48. The number of carbonyl (C=O) groups is 1. The number of carbonyl (C=O) groups excluding carboxylic acids is 1. The molecule has 2 heterocycles. The summed E-state index contributed by atoms with van der Waals surface area (Å²) < 4.78 is 39.6. The molecule has 2 atom stereocenters. The van der Waals surface area contributed by atoms with Crippen LogP contribution in [0.15, 0.2) is 47.4 Å². The Labute approximate surface area is 181 Å². The highest BCUT2D eigenvalue weighted by molar-refractivity contribution is 7.92. The van der Waals surface area contributed by atoms with Gasteiger partial charge in [0.05, 0.1) is 10.6 Å². The molecular formula is C22H26N2O6S. The van der Waals surface area contributed by atoms with Crippen molar-refractivity contribution in [2.24, 2.45) is 0 Å². The van der Waals surface area contributed by atoms with Crippen LogP contribution in [0, 0.1) is 6.92 Å². The third-order valence-electron chi connectivity index (χ3n) is 5.33. The van der Waals surface area contributed by atoms with Crippen LogP contribution in [0.3, 0.4) is 0 Å². The number of para-hydroxylation sites is 1. The summed E-state index contributed by atoms with van der Waals surface area (Å²) in [6.45, 7) is 2.50. The van der Waals surface area contributed by atoms with Gasteiger partial charge in [0.2, 0.25) is 0 Å². The van der Waals surface area contributed by atoms with E-state index in [-0.39, 0.29) is 4.90 Å². The van der Waals surface area contributed by atoms with Crippen LogP contribution in [0.4, 0.5) is 5.69 Å². The molecule has 9 heteroatoms. The number of anilines is 1. The van der Waals surface area contributed by atoms with Gasteiger partial charge in [-0.05, 0) is 56.4 Å². The Morgan fingerprint density at radius 3 is 2.65 bits per heavy atom. The Kier molecular flexibility index (Phi) is 6.45. The number of benzene rings is 2. The van der Waals surface area contributed by atoms with Gasteiger partial charge in [0.25, 0.3) is 15.9 Å². The molecule has 1 amide bonds. The fourth-order valence-electron chi connectivity index (χ4n) is 3.59. The van der Waals surface area contributed by atoms with E-state index in [1.807, 2.05) is 13.0 Å². The monoisotopic (exact) mass is 446 g/mol. The van der Waals surface area contributed by atoms with E-state index in [9.17, 15) is 13.2 Å². The Morgan fingerprint density at radius 2 is 1.90 bits per heavy atom. The molecule has 2 N–H and O–H groups in total. The number of hydroxylamine groups is 1. The number of sulfonamides is 1. The highest BCUT2D eigenvalue weighted by Crippen LogP contribution is 2.36. The lowest BCUT2D eigenvalue weighted by molar-refractivity contribution is -0.203. The minimum Gasteiger partial charge on any atom is -0.478 e. The van der Waals surface area contributed by atoms with E-state index in [2.05, 4.69) is 10.2 Å². The van der Waals surface area contributed by atoms with Crippen molar-refractivity contribution in [2.45, 2.75) is 56.3 Å². The molecule has 8 nitrogen and oxygen atoms in total. The Balaban J connectivity index is 1.46. The Hall–Kier alpha value is -2.62. The molecule has 31 heavy (non-hydrogen) atoms. The number of amides is 1. The summed E-state index contributed by atoms with van der Waals surface area (Å²) in [7, 11) is -3.80. The van der Waals surface area contributed by atoms with Gasteiger partial charge in [-0.25, -0.2) is 18.7 Å². The van der Waals surface area contributed by atoms with Gasteiger partial charge in [-0.1, -0.05) is 29.8 Å². The van der Waals surface area contributed by atoms with Crippen molar-refractivity contribution in [1.82, 2.24) is 5.48 Å². The van der Waals surface area contributed by atoms with Gasteiger partial charge in [0, 0.05) is 13.0 Å². The predicted octanol–water partition coefficient (Wildman–Crippen LogP) is 3.06. The lowest BCUT2D eigenvalue weighted by atomic mass is 10.0. The molecule has 0 saturated carbocycles. The van der Waals surface area contributed by atoms with Gasteiger partial charge in [0.1, 0.15) is 5.75 Å². The standard InChI is InChI=1S/C22H26N2O6S/c1-15-8-11-17(12-9-15)31(26,27)24-18-6-4-5-16-10-13-19(29-21(16)18)22(25)23-30-20-7-2-3-14-28-20/h4-6,8-9,11-12,19-20,24H,2-3,7,10,13-14H2,1H3,(H,23,25). The average molecular weight is 447 g/mol. The fourth-order valence-corrected chi connectivity index (χ4v) is 4.65. The first kappa shape index (κ1) is 21.6. The second-order valence-electron chi connectivity index (χ2n) is 7.74. The molecule has 1 saturated heterocycles. The first-order chi connectivity index (χ1) is 14.9. The molecule has 2 aromatic rings. The average Bonchev–Trinajstić information content (AvgIpc) is 2.78. The van der Waals surface area contributed by atoms with Crippen LogP contribution < -0.4 is 14.9 Å². The number of rotatable bonds is 6. The smallest absolute Gasteiger partial charge is 0.284 e. The van der Waals surface area contributed by atoms with E-state index in [0.29, 0.717) is 30.9 Å². The third kappa shape index (κ3) is 5.17. The van der Waals surface area contributed by atoms with Crippen LogP contribution in [-0.4, -0.2) is 33.3 Å². The third-order valence-corrected chi connectivity index (χ3v) is 6.71.